The van der Waals surface area contributed by atoms with Crippen molar-refractivity contribution in [3.8, 4) is 0 Å². The van der Waals surface area contributed by atoms with Crippen LogP contribution in [-0.2, 0) is 33.2 Å². The van der Waals surface area contributed by atoms with Gasteiger partial charge in [-0.25, -0.2) is 0 Å². The summed E-state index contributed by atoms with van der Waals surface area (Å²) in [7, 11) is 0. The number of carbonyl (C=O) groups excluding carboxylic acids is 1. The molecule has 8 atom stereocenters. The van der Waals surface area contributed by atoms with Gasteiger partial charge in [-0.05, 0) is 63.2 Å². The monoisotopic (exact) mass is 520 g/mol. The summed E-state index contributed by atoms with van der Waals surface area (Å²) in [5, 5.41) is 12.2. The molecule has 1 N–H and O–H groups in total. The zero-order valence-electron chi connectivity index (χ0n) is 23.6. The topological polar surface area (TPSA) is 92.7 Å². The van der Waals surface area contributed by atoms with Crippen molar-refractivity contribution in [2.75, 3.05) is 26.4 Å². The molecule has 0 aromatic rings. The van der Waals surface area contributed by atoms with Crippen LogP contribution < -0.4 is 0 Å². The Morgan fingerprint density at radius 2 is 1.89 bits per heavy atom. The molecular formula is C29H44O8. The molecule has 8 heteroatoms. The molecule has 5 rings (SSSR count). The van der Waals surface area contributed by atoms with Gasteiger partial charge in [-0.15, -0.1) is 0 Å². The number of rotatable bonds is 6. The Bertz CT molecular complexity index is 998. The molecule has 2 saturated heterocycles. The first kappa shape index (κ1) is 27.3. The van der Waals surface area contributed by atoms with Crippen LogP contribution in [0.5, 0.6) is 0 Å². The molecule has 2 saturated carbocycles. The Labute approximate surface area is 220 Å². The Balaban J connectivity index is 1.72. The lowest BCUT2D eigenvalue weighted by atomic mass is 9.47. The maximum Gasteiger partial charge on any atom is 0.308 e. The number of fused-ring (bicyclic) bond motifs is 8. The quantitative estimate of drug-likeness (QED) is 0.416. The van der Waals surface area contributed by atoms with Crippen molar-refractivity contribution in [2.24, 2.45) is 22.7 Å². The van der Waals surface area contributed by atoms with Gasteiger partial charge < -0.3 is 33.5 Å². The van der Waals surface area contributed by atoms with Crippen LogP contribution in [0.1, 0.15) is 68.2 Å². The van der Waals surface area contributed by atoms with Gasteiger partial charge in [0.2, 0.25) is 0 Å². The molecule has 0 radical (unpaired) electrons. The van der Waals surface area contributed by atoms with Gasteiger partial charge in [-0.2, -0.15) is 0 Å². The molecule has 0 spiro atoms. The molecule has 3 aliphatic carbocycles. The van der Waals surface area contributed by atoms with Gasteiger partial charge in [-0.3, -0.25) is 4.79 Å². The van der Waals surface area contributed by atoms with Gasteiger partial charge in [0.1, 0.15) is 17.5 Å². The minimum Gasteiger partial charge on any atom is -0.427 e. The van der Waals surface area contributed by atoms with Crippen molar-refractivity contribution < 1.29 is 38.3 Å². The molecule has 0 amide bonds. The third-order valence-electron chi connectivity index (χ3n) is 9.61. The van der Waals surface area contributed by atoms with Gasteiger partial charge in [0.15, 0.2) is 5.79 Å². The highest BCUT2D eigenvalue weighted by Gasteiger charge is 2.71. The Morgan fingerprint density at radius 1 is 1.16 bits per heavy atom. The third-order valence-corrected chi connectivity index (χ3v) is 9.61. The maximum absolute atomic E-state index is 12.2. The first-order valence-corrected chi connectivity index (χ1v) is 13.8. The van der Waals surface area contributed by atoms with E-state index in [1.807, 2.05) is 33.8 Å². The predicted octanol–water partition coefficient (Wildman–Crippen LogP) is 3.91. The summed E-state index contributed by atoms with van der Waals surface area (Å²) in [6.45, 7) is 17.6. The van der Waals surface area contributed by atoms with Crippen molar-refractivity contribution in [3.63, 3.8) is 0 Å². The molecule has 5 aliphatic rings. The van der Waals surface area contributed by atoms with Crippen molar-refractivity contribution in [3.05, 3.63) is 23.0 Å². The van der Waals surface area contributed by atoms with E-state index in [2.05, 4.69) is 20.8 Å². The summed E-state index contributed by atoms with van der Waals surface area (Å²) < 4.78 is 37.5. The molecule has 208 valence electrons. The highest BCUT2D eigenvalue weighted by molar-refractivity contribution is 5.68. The lowest BCUT2D eigenvalue weighted by Crippen LogP contribution is -2.75. The molecule has 4 fully saturated rings. The van der Waals surface area contributed by atoms with Crippen LogP contribution in [0.3, 0.4) is 0 Å². The summed E-state index contributed by atoms with van der Waals surface area (Å²) in [6.07, 6.45) is 2.30. The van der Waals surface area contributed by atoms with Gasteiger partial charge in [0, 0.05) is 30.8 Å². The molecule has 2 bridgehead atoms. The zero-order valence-corrected chi connectivity index (χ0v) is 23.6. The van der Waals surface area contributed by atoms with E-state index in [-0.39, 0.29) is 48.8 Å². The van der Waals surface area contributed by atoms with Crippen LogP contribution in [0.15, 0.2) is 23.0 Å². The molecule has 0 unspecified atom stereocenters. The molecule has 2 aliphatic heterocycles. The maximum atomic E-state index is 12.2. The van der Waals surface area contributed by atoms with E-state index in [9.17, 15) is 9.90 Å². The number of esters is 1. The largest absolute Gasteiger partial charge is 0.427 e. The second kappa shape index (κ2) is 9.14. The van der Waals surface area contributed by atoms with E-state index < -0.39 is 22.2 Å². The Hall–Kier alpha value is -1.29. The van der Waals surface area contributed by atoms with Crippen LogP contribution in [-0.4, -0.2) is 73.3 Å². The minimum atomic E-state index is -1.05. The predicted molar refractivity (Wildman–Crippen MR) is 135 cm³/mol. The van der Waals surface area contributed by atoms with E-state index in [0.29, 0.717) is 25.6 Å². The highest BCUT2D eigenvalue weighted by atomic mass is 16.8. The first-order chi connectivity index (χ1) is 17.3. The molecule has 2 heterocycles. The van der Waals surface area contributed by atoms with E-state index in [1.54, 1.807) is 0 Å². The van der Waals surface area contributed by atoms with Crippen LogP contribution in [0.4, 0.5) is 0 Å². The SMILES string of the molecule is CCOCCO[C@@H]1[C@@H]2C=C(OC(C)=O)C(C)=C([C@H]3OC(C)(C)O[C@@H]3[C@]3(C)CC[C@H]4OC[C@@]4(O)[C@@H]13)C2(C)C. The number of allylic oxidation sites excluding steroid dienone is 1. The normalized spacial score (nSPS) is 43.4. The Morgan fingerprint density at radius 3 is 2.51 bits per heavy atom. The average Bonchev–Trinajstić information content (AvgIpc) is 3.10. The lowest BCUT2D eigenvalue weighted by molar-refractivity contribution is -0.334. The van der Waals surface area contributed by atoms with Crippen LogP contribution in [0.25, 0.3) is 0 Å². The van der Waals surface area contributed by atoms with Crippen molar-refractivity contribution in [1.29, 1.82) is 0 Å². The van der Waals surface area contributed by atoms with Crippen LogP contribution in [0.2, 0.25) is 0 Å². The summed E-state index contributed by atoms with van der Waals surface area (Å²) in [4.78, 5) is 12.1. The summed E-state index contributed by atoms with van der Waals surface area (Å²) in [5.41, 5.74) is 0.0532. The van der Waals surface area contributed by atoms with E-state index in [1.165, 1.54) is 6.92 Å². The lowest BCUT2D eigenvalue weighted by Gasteiger charge is -2.65. The summed E-state index contributed by atoms with van der Waals surface area (Å²) >= 11 is 0. The standard InChI is InChI=1S/C29H44O8/c1-9-32-12-13-33-22-18-14-19(35-17(3)30)16(2)21(26(18,4)5)23-25(37-27(6,7)36-23)28(8)11-10-20-29(31,15-34-20)24(22)28/h14,18,20,22-25,31H,9-13,15H2,1-8H3/t18-,20+,22+,23+,24-,25-,28+,29-/m0/s1. The fourth-order valence-corrected chi connectivity index (χ4v) is 8.03. The molecule has 0 aromatic heterocycles. The molecule has 37 heavy (non-hydrogen) atoms. The van der Waals surface area contributed by atoms with Crippen molar-refractivity contribution >= 4 is 5.97 Å². The number of hydrogen-bond donors (Lipinski definition) is 1. The average molecular weight is 521 g/mol. The smallest absolute Gasteiger partial charge is 0.308 e. The Kier molecular flexibility index (Phi) is 6.74. The second-order valence-corrected chi connectivity index (χ2v) is 12.7. The number of carbonyl (C=O) groups is 1. The van der Waals surface area contributed by atoms with Crippen LogP contribution in [0, 0.1) is 22.7 Å². The van der Waals surface area contributed by atoms with E-state index in [4.69, 9.17) is 28.4 Å². The van der Waals surface area contributed by atoms with Crippen LogP contribution >= 0.6 is 0 Å². The number of aliphatic hydroxyl groups is 1. The second-order valence-electron chi connectivity index (χ2n) is 12.7. The van der Waals surface area contributed by atoms with Gasteiger partial charge in [0.25, 0.3) is 0 Å². The molecule has 0 aromatic carbocycles. The van der Waals surface area contributed by atoms with Gasteiger partial charge >= 0.3 is 5.97 Å². The molecule has 8 nitrogen and oxygen atoms in total. The summed E-state index contributed by atoms with van der Waals surface area (Å²) in [6, 6.07) is 0. The summed E-state index contributed by atoms with van der Waals surface area (Å²) in [5.74, 6) is -1.13. The van der Waals surface area contributed by atoms with E-state index in [0.717, 1.165) is 24.0 Å². The minimum absolute atomic E-state index is 0.192. The highest BCUT2D eigenvalue weighted by Crippen LogP contribution is 2.64. The van der Waals surface area contributed by atoms with Gasteiger partial charge in [-0.1, -0.05) is 20.8 Å². The number of hydrogen-bond acceptors (Lipinski definition) is 8. The molecular weight excluding hydrogens is 476 g/mol. The first-order valence-electron chi connectivity index (χ1n) is 13.8. The van der Waals surface area contributed by atoms with Crippen molar-refractivity contribution in [2.45, 2.75) is 104 Å². The van der Waals surface area contributed by atoms with E-state index >= 15 is 0 Å². The fourth-order valence-electron chi connectivity index (χ4n) is 8.03. The fraction of sp³-hybridized carbons (Fsp3) is 0.828. The van der Waals surface area contributed by atoms with Gasteiger partial charge in [0.05, 0.1) is 38.1 Å². The number of ether oxygens (including phenoxy) is 6. The van der Waals surface area contributed by atoms with Crippen molar-refractivity contribution in [1.82, 2.24) is 0 Å². The third kappa shape index (κ3) is 4.14. The zero-order chi connectivity index (χ0) is 27.0.